The summed E-state index contributed by atoms with van der Waals surface area (Å²) in [5, 5.41) is 2.56. The highest BCUT2D eigenvalue weighted by Gasteiger charge is 2.32. The van der Waals surface area contributed by atoms with Gasteiger partial charge >= 0.3 is 6.09 Å². The first kappa shape index (κ1) is 13.9. The highest BCUT2D eigenvalue weighted by Crippen LogP contribution is 2.20. The fraction of sp³-hybridized carbons (Fsp3) is 0.818. The molecule has 0 unspecified atom stereocenters. The third kappa shape index (κ3) is 4.32. The zero-order chi connectivity index (χ0) is 12.2. The average molecular weight is 215 g/mol. The van der Waals surface area contributed by atoms with E-state index in [0.717, 1.165) is 0 Å². The number of Topliss-reactive ketones (excluding diaryl/α,β-unsaturated/α-hetero) is 1. The first-order valence-corrected chi connectivity index (χ1v) is 5.09. The first-order chi connectivity index (χ1) is 6.70. The minimum atomic E-state index is -0.564. The second-order valence-electron chi connectivity index (χ2n) is 4.97. The Hall–Kier alpha value is -1.06. The largest absolute Gasteiger partial charge is 0.453 e. The molecule has 1 N–H and O–H groups in total. The van der Waals surface area contributed by atoms with E-state index in [4.69, 9.17) is 0 Å². The van der Waals surface area contributed by atoms with Gasteiger partial charge in [0, 0.05) is 5.41 Å². The zero-order valence-electron chi connectivity index (χ0n) is 10.4. The molecule has 4 heteroatoms. The molecule has 0 radical (unpaired) electrons. The van der Waals surface area contributed by atoms with Gasteiger partial charge in [-0.25, -0.2) is 4.79 Å². The summed E-state index contributed by atoms with van der Waals surface area (Å²) >= 11 is 0. The number of amides is 1. The third-order valence-corrected chi connectivity index (χ3v) is 2.15. The van der Waals surface area contributed by atoms with Crippen molar-refractivity contribution in [1.82, 2.24) is 5.32 Å². The van der Waals surface area contributed by atoms with Crippen molar-refractivity contribution in [3.8, 4) is 0 Å². The van der Waals surface area contributed by atoms with Crippen LogP contribution >= 0.6 is 0 Å². The van der Waals surface area contributed by atoms with E-state index in [1.54, 1.807) is 0 Å². The average Bonchev–Trinajstić information content (AvgIpc) is 2.10. The molecule has 0 heterocycles. The van der Waals surface area contributed by atoms with Crippen molar-refractivity contribution in [2.75, 3.05) is 7.11 Å². The number of hydrogen-bond donors (Lipinski definition) is 1. The maximum Gasteiger partial charge on any atom is 0.407 e. The van der Waals surface area contributed by atoms with E-state index in [1.807, 2.05) is 34.6 Å². The molecule has 0 spiro atoms. The van der Waals surface area contributed by atoms with Crippen LogP contribution in [0.15, 0.2) is 0 Å². The Morgan fingerprint density at radius 2 is 1.67 bits per heavy atom. The molecule has 0 aliphatic carbocycles. The Kier molecular flexibility index (Phi) is 4.78. The van der Waals surface area contributed by atoms with Crippen molar-refractivity contribution in [2.24, 2.45) is 11.3 Å². The number of carbonyl (C=O) groups is 2. The normalized spacial score (nSPS) is 13.5. The fourth-order valence-corrected chi connectivity index (χ4v) is 1.19. The smallest absolute Gasteiger partial charge is 0.407 e. The summed E-state index contributed by atoms with van der Waals surface area (Å²) < 4.78 is 4.49. The Labute approximate surface area is 91.4 Å². The standard InChI is InChI=1S/C11H21NO3/c1-7(2)8(12-10(14)15-6)9(13)11(3,4)5/h7-8H,1-6H3,(H,12,14)/t8-/m1/s1. The summed E-state index contributed by atoms with van der Waals surface area (Å²) in [6.07, 6.45) is -0.564. The maximum absolute atomic E-state index is 12.0. The van der Waals surface area contributed by atoms with Gasteiger partial charge in [0.2, 0.25) is 0 Å². The van der Waals surface area contributed by atoms with E-state index < -0.39 is 17.6 Å². The quantitative estimate of drug-likeness (QED) is 0.783. The topological polar surface area (TPSA) is 55.4 Å². The van der Waals surface area contributed by atoms with Crippen LogP contribution in [0.4, 0.5) is 4.79 Å². The van der Waals surface area contributed by atoms with Gasteiger partial charge in [0.1, 0.15) is 0 Å². The lowest BCUT2D eigenvalue weighted by Crippen LogP contribution is -2.48. The lowest BCUT2D eigenvalue weighted by atomic mass is 9.82. The van der Waals surface area contributed by atoms with E-state index in [-0.39, 0.29) is 11.7 Å². The van der Waals surface area contributed by atoms with Crippen LogP contribution in [0.5, 0.6) is 0 Å². The van der Waals surface area contributed by atoms with E-state index in [0.29, 0.717) is 0 Å². The van der Waals surface area contributed by atoms with E-state index >= 15 is 0 Å². The Morgan fingerprint density at radius 1 is 1.20 bits per heavy atom. The SMILES string of the molecule is COC(=O)N[C@@H](C(=O)C(C)(C)C)C(C)C. The number of ketones is 1. The number of rotatable bonds is 3. The van der Waals surface area contributed by atoms with Crippen LogP contribution in [0.1, 0.15) is 34.6 Å². The minimum absolute atomic E-state index is 0.0166. The maximum atomic E-state index is 12.0. The van der Waals surface area contributed by atoms with E-state index in [1.165, 1.54) is 7.11 Å². The monoisotopic (exact) mass is 215 g/mol. The molecule has 88 valence electrons. The molecule has 0 fully saturated rings. The summed E-state index contributed by atoms with van der Waals surface area (Å²) in [5.74, 6) is 0.0683. The summed E-state index contributed by atoms with van der Waals surface area (Å²) in [5.41, 5.74) is -0.462. The second-order valence-corrected chi connectivity index (χ2v) is 4.97. The third-order valence-electron chi connectivity index (χ3n) is 2.15. The van der Waals surface area contributed by atoms with Gasteiger partial charge in [0.25, 0.3) is 0 Å². The number of carbonyl (C=O) groups excluding carboxylic acids is 2. The van der Waals surface area contributed by atoms with Gasteiger partial charge in [-0.15, -0.1) is 0 Å². The Balaban J connectivity index is 4.68. The molecule has 0 aromatic rings. The fourth-order valence-electron chi connectivity index (χ4n) is 1.19. The van der Waals surface area contributed by atoms with Crippen molar-refractivity contribution in [3.05, 3.63) is 0 Å². The van der Waals surface area contributed by atoms with Gasteiger partial charge in [-0.2, -0.15) is 0 Å². The first-order valence-electron chi connectivity index (χ1n) is 5.09. The predicted octanol–water partition coefficient (Wildman–Crippen LogP) is 1.98. The molecule has 4 nitrogen and oxygen atoms in total. The highest BCUT2D eigenvalue weighted by atomic mass is 16.5. The number of methoxy groups -OCH3 is 1. The molecule has 1 amide bonds. The second kappa shape index (κ2) is 5.14. The molecule has 0 aliphatic heterocycles. The van der Waals surface area contributed by atoms with Crippen LogP contribution in [0, 0.1) is 11.3 Å². The number of alkyl carbamates (subject to hydrolysis) is 1. The van der Waals surface area contributed by atoms with Crippen LogP contribution in [0.2, 0.25) is 0 Å². The van der Waals surface area contributed by atoms with Crippen molar-refractivity contribution in [2.45, 2.75) is 40.7 Å². The van der Waals surface area contributed by atoms with Gasteiger partial charge in [0.05, 0.1) is 13.2 Å². The molecule has 1 atom stereocenters. The van der Waals surface area contributed by atoms with Crippen LogP contribution < -0.4 is 5.32 Å². The van der Waals surface area contributed by atoms with Crippen molar-refractivity contribution in [1.29, 1.82) is 0 Å². The molecule has 0 aromatic heterocycles. The van der Waals surface area contributed by atoms with E-state index in [2.05, 4.69) is 10.1 Å². The van der Waals surface area contributed by atoms with Gasteiger partial charge in [0.15, 0.2) is 5.78 Å². The van der Waals surface area contributed by atoms with Crippen LogP contribution in [0.3, 0.4) is 0 Å². The van der Waals surface area contributed by atoms with Gasteiger partial charge in [-0.05, 0) is 5.92 Å². The van der Waals surface area contributed by atoms with Crippen molar-refractivity contribution < 1.29 is 14.3 Å². The van der Waals surface area contributed by atoms with Crippen LogP contribution in [0.25, 0.3) is 0 Å². The molecule has 0 aromatic carbocycles. The predicted molar refractivity (Wildman–Crippen MR) is 58.6 cm³/mol. The van der Waals surface area contributed by atoms with Crippen molar-refractivity contribution >= 4 is 11.9 Å². The molecule has 0 aliphatic rings. The van der Waals surface area contributed by atoms with Crippen LogP contribution in [-0.2, 0) is 9.53 Å². The molecular formula is C11H21NO3. The Bertz CT molecular complexity index is 241. The number of ether oxygens (including phenoxy) is 1. The van der Waals surface area contributed by atoms with E-state index in [9.17, 15) is 9.59 Å². The Morgan fingerprint density at radius 3 is 1.93 bits per heavy atom. The zero-order valence-corrected chi connectivity index (χ0v) is 10.4. The molecule has 0 bridgehead atoms. The number of hydrogen-bond acceptors (Lipinski definition) is 3. The van der Waals surface area contributed by atoms with Gasteiger partial charge in [-0.1, -0.05) is 34.6 Å². The summed E-state index contributed by atoms with van der Waals surface area (Å²) in [7, 11) is 1.29. The molecular weight excluding hydrogens is 194 g/mol. The van der Waals surface area contributed by atoms with Crippen molar-refractivity contribution in [3.63, 3.8) is 0 Å². The minimum Gasteiger partial charge on any atom is -0.453 e. The number of nitrogens with one attached hydrogen (secondary N) is 1. The lowest BCUT2D eigenvalue weighted by Gasteiger charge is -2.27. The summed E-state index contributed by atoms with van der Waals surface area (Å²) in [4.78, 5) is 23.1. The lowest BCUT2D eigenvalue weighted by molar-refractivity contribution is -0.129. The van der Waals surface area contributed by atoms with Crippen LogP contribution in [-0.4, -0.2) is 25.0 Å². The summed E-state index contributed by atoms with van der Waals surface area (Å²) in [6, 6.07) is -0.488. The molecule has 15 heavy (non-hydrogen) atoms. The molecule has 0 saturated heterocycles. The van der Waals surface area contributed by atoms with Gasteiger partial charge < -0.3 is 10.1 Å². The molecule has 0 rings (SSSR count). The van der Waals surface area contributed by atoms with Gasteiger partial charge in [-0.3, -0.25) is 4.79 Å². The molecule has 0 saturated carbocycles. The summed E-state index contributed by atoms with van der Waals surface area (Å²) in [6.45, 7) is 9.30. The highest BCUT2D eigenvalue weighted by molar-refractivity contribution is 5.91.